The lowest BCUT2D eigenvalue weighted by Crippen LogP contribution is -2.09. The van der Waals surface area contributed by atoms with Crippen molar-refractivity contribution in [3.05, 3.63) is 46.8 Å². The zero-order valence-corrected chi connectivity index (χ0v) is 21.1. The first-order chi connectivity index (χ1) is 16.7. The molecule has 0 fully saturated rings. The van der Waals surface area contributed by atoms with Crippen LogP contribution in [-0.2, 0) is 7.05 Å². The van der Waals surface area contributed by atoms with E-state index in [0.717, 1.165) is 32.6 Å². The molecule has 7 heteroatoms. The van der Waals surface area contributed by atoms with Crippen molar-refractivity contribution in [3.63, 3.8) is 0 Å². The van der Waals surface area contributed by atoms with Gasteiger partial charge in [0.05, 0.1) is 48.4 Å². The Hall–Kier alpha value is -3.87. The first kappa shape index (κ1) is 22.9. The summed E-state index contributed by atoms with van der Waals surface area (Å²) >= 11 is 0. The van der Waals surface area contributed by atoms with Gasteiger partial charge in [-0.3, -0.25) is 4.79 Å². The van der Waals surface area contributed by atoms with Gasteiger partial charge in [0.1, 0.15) is 0 Å². The molecule has 0 saturated carbocycles. The highest BCUT2D eigenvalue weighted by molar-refractivity contribution is 6.22. The standard InChI is InChI=1S/C28H30N2O5/c1-14(2)34-23-10-16-8-9-17-25-27(30(5)26(17)18(16)11-21(23)32-6)19-12-22(33-7)24(35-15(3)4)13-20(19)29-28(25)31/h8-15H,1-7H3,(H,29,31). The van der Waals surface area contributed by atoms with Gasteiger partial charge in [0, 0.05) is 29.3 Å². The highest BCUT2D eigenvalue weighted by Gasteiger charge is 2.20. The Balaban J connectivity index is 1.89. The predicted octanol–water partition coefficient (Wildman–Crippen LogP) is 5.92. The normalized spacial score (nSPS) is 11.9. The average molecular weight is 475 g/mol. The summed E-state index contributed by atoms with van der Waals surface area (Å²) in [6.45, 7) is 7.88. The number of hydrogen-bond acceptors (Lipinski definition) is 5. The minimum Gasteiger partial charge on any atom is -0.493 e. The zero-order chi connectivity index (χ0) is 25.0. The fraction of sp³-hybridized carbons (Fsp3) is 0.321. The van der Waals surface area contributed by atoms with Crippen LogP contribution in [0.5, 0.6) is 23.0 Å². The first-order valence-corrected chi connectivity index (χ1v) is 11.7. The summed E-state index contributed by atoms with van der Waals surface area (Å²) in [7, 11) is 5.24. The Bertz CT molecular complexity index is 1660. The number of benzene rings is 3. The van der Waals surface area contributed by atoms with Gasteiger partial charge in [-0.25, -0.2) is 0 Å². The molecule has 182 valence electrons. The molecule has 2 aromatic heterocycles. The van der Waals surface area contributed by atoms with Crippen molar-refractivity contribution >= 4 is 43.5 Å². The number of aromatic amines is 1. The number of nitrogens with one attached hydrogen (secondary N) is 1. The maximum Gasteiger partial charge on any atom is 0.258 e. The van der Waals surface area contributed by atoms with E-state index in [1.807, 2.05) is 71.1 Å². The number of aryl methyl sites for hydroxylation is 1. The van der Waals surface area contributed by atoms with E-state index in [4.69, 9.17) is 18.9 Å². The van der Waals surface area contributed by atoms with Crippen LogP contribution in [0.15, 0.2) is 41.2 Å². The van der Waals surface area contributed by atoms with Gasteiger partial charge in [0.25, 0.3) is 5.56 Å². The molecular weight excluding hydrogens is 444 g/mol. The highest BCUT2D eigenvalue weighted by Crippen LogP contribution is 2.41. The number of H-pyrrole nitrogens is 1. The first-order valence-electron chi connectivity index (χ1n) is 11.7. The number of pyridine rings is 1. The van der Waals surface area contributed by atoms with Crippen LogP contribution in [0, 0.1) is 0 Å². The number of nitrogens with zero attached hydrogens (tertiary/aromatic N) is 1. The average Bonchev–Trinajstić information content (AvgIpc) is 3.11. The van der Waals surface area contributed by atoms with Gasteiger partial charge >= 0.3 is 0 Å². The Morgan fingerprint density at radius 3 is 1.94 bits per heavy atom. The number of hydrogen-bond donors (Lipinski definition) is 1. The van der Waals surface area contributed by atoms with Crippen LogP contribution in [0.25, 0.3) is 43.5 Å². The van der Waals surface area contributed by atoms with Gasteiger partial charge in [0.15, 0.2) is 23.0 Å². The van der Waals surface area contributed by atoms with Crippen LogP contribution in [0.3, 0.4) is 0 Å². The fourth-order valence-corrected chi connectivity index (χ4v) is 4.89. The monoisotopic (exact) mass is 474 g/mol. The molecule has 5 aromatic rings. The van der Waals surface area contributed by atoms with Gasteiger partial charge in [-0.05, 0) is 51.3 Å². The lowest BCUT2D eigenvalue weighted by molar-refractivity contribution is 0.230. The number of methoxy groups -OCH3 is 2. The Labute approximate surface area is 203 Å². The summed E-state index contributed by atoms with van der Waals surface area (Å²) in [5.41, 5.74) is 2.33. The molecule has 0 saturated heterocycles. The van der Waals surface area contributed by atoms with E-state index >= 15 is 0 Å². The molecule has 0 aliphatic rings. The Kier molecular flexibility index (Phi) is 5.50. The quantitative estimate of drug-likeness (QED) is 0.331. The molecular formula is C28H30N2O5. The van der Waals surface area contributed by atoms with Crippen LogP contribution in [0.1, 0.15) is 27.7 Å². The second-order valence-electron chi connectivity index (χ2n) is 9.30. The van der Waals surface area contributed by atoms with Crippen molar-refractivity contribution < 1.29 is 18.9 Å². The maximum atomic E-state index is 13.4. The van der Waals surface area contributed by atoms with Crippen LogP contribution >= 0.6 is 0 Å². The van der Waals surface area contributed by atoms with Crippen molar-refractivity contribution in [2.75, 3.05) is 14.2 Å². The molecule has 3 aromatic carbocycles. The highest BCUT2D eigenvalue weighted by atomic mass is 16.5. The van der Waals surface area contributed by atoms with E-state index in [1.165, 1.54) is 0 Å². The lowest BCUT2D eigenvalue weighted by Gasteiger charge is -2.15. The summed E-state index contributed by atoms with van der Waals surface area (Å²) in [6, 6.07) is 11.8. The van der Waals surface area contributed by atoms with E-state index < -0.39 is 0 Å². The lowest BCUT2D eigenvalue weighted by atomic mass is 10.0. The molecule has 0 unspecified atom stereocenters. The molecule has 1 N–H and O–H groups in total. The second kappa shape index (κ2) is 8.41. The molecule has 0 spiro atoms. The van der Waals surface area contributed by atoms with Crippen molar-refractivity contribution in [1.29, 1.82) is 0 Å². The third-order valence-electron chi connectivity index (χ3n) is 6.21. The third kappa shape index (κ3) is 3.62. The van der Waals surface area contributed by atoms with Crippen LogP contribution < -0.4 is 24.5 Å². The molecule has 5 rings (SSSR count). The van der Waals surface area contributed by atoms with Gasteiger partial charge < -0.3 is 28.5 Å². The summed E-state index contributed by atoms with van der Waals surface area (Å²) < 4.78 is 25.3. The number of rotatable bonds is 6. The molecule has 0 aliphatic carbocycles. The molecule has 7 nitrogen and oxygen atoms in total. The van der Waals surface area contributed by atoms with E-state index in [-0.39, 0.29) is 17.8 Å². The SMILES string of the molecule is COc1cc2c(ccc3c4c(=O)[nH]c5cc(OC(C)C)c(OC)cc5c4n(C)c23)cc1OC(C)C. The molecule has 35 heavy (non-hydrogen) atoms. The summed E-state index contributed by atoms with van der Waals surface area (Å²) in [5.74, 6) is 2.56. The van der Waals surface area contributed by atoms with Crippen LogP contribution in [-0.4, -0.2) is 36.0 Å². The maximum absolute atomic E-state index is 13.4. The van der Waals surface area contributed by atoms with Gasteiger partial charge in [-0.2, -0.15) is 0 Å². The summed E-state index contributed by atoms with van der Waals surface area (Å²) in [6.07, 6.45) is -0.00693. The smallest absolute Gasteiger partial charge is 0.258 e. The summed E-state index contributed by atoms with van der Waals surface area (Å²) in [4.78, 5) is 16.4. The fourth-order valence-electron chi connectivity index (χ4n) is 4.89. The minimum atomic E-state index is -0.148. The van der Waals surface area contributed by atoms with Gasteiger partial charge in [-0.1, -0.05) is 12.1 Å². The molecule has 0 aliphatic heterocycles. The predicted molar refractivity (Wildman–Crippen MR) is 141 cm³/mol. The zero-order valence-electron chi connectivity index (χ0n) is 21.1. The molecule has 0 bridgehead atoms. The second-order valence-corrected chi connectivity index (χ2v) is 9.30. The van der Waals surface area contributed by atoms with Crippen LogP contribution in [0.2, 0.25) is 0 Å². The summed E-state index contributed by atoms with van der Waals surface area (Å²) in [5, 5.41) is 4.38. The van der Waals surface area contributed by atoms with Crippen molar-refractivity contribution in [1.82, 2.24) is 9.55 Å². The Morgan fingerprint density at radius 2 is 1.34 bits per heavy atom. The molecule has 0 atom stereocenters. The minimum absolute atomic E-state index is 0.0205. The Morgan fingerprint density at radius 1 is 0.743 bits per heavy atom. The number of ether oxygens (including phenoxy) is 4. The van der Waals surface area contributed by atoms with Gasteiger partial charge in [-0.15, -0.1) is 0 Å². The topological polar surface area (TPSA) is 74.7 Å². The van der Waals surface area contributed by atoms with Crippen molar-refractivity contribution in [2.45, 2.75) is 39.9 Å². The van der Waals surface area contributed by atoms with Gasteiger partial charge in [0.2, 0.25) is 0 Å². The third-order valence-corrected chi connectivity index (χ3v) is 6.21. The van der Waals surface area contributed by atoms with E-state index in [9.17, 15) is 4.79 Å². The largest absolute Gasteiger partial charge is 0.493 e. The van der Waals surface area contributed by atoms with E-state index in [0.29, 0.717) is 33.9 Å². The molecule has 0 amide bonds. The number of fused-ring (bicyclic) bond motifs is 7. The van der Waals surface area contributed by atoms with Crippen molar-refractivity contribution in [3.8, 4) is 23.0 Å². The van der Waals surface area contributed by atoms with E-state index in [1.54, 1.807) is 14.2 Å². The van der Waals surface area contributed by atoms with Crippen molar-refractivity contribution in [2.24, 2.45) is 7.05 Å². The molecule has 2 heterocycles. The van der Waals surface area contributed by atoms with Crippen LogP contribution in [0.4, 0.5) is 0 Å². The van der Waals surface area contributed by atoms with E-state index in [2.05, 4.69) is 9.55 Å². The molecule has 0 radical (unpaired) electrons. The number of aromatic nitrogens is 2.